The lowest BCUT2D eigenvalue weighted by molar-refractivity contribution is 0.0367. The first-order chi connectivity index (χ1) is 9.79. The number of furan rings is 1. The van der Waals surface area contributed by atoms with Crippen LogP contribution in [0.1, 0.15) is 12.2 Å². The van der Waals surface area contributed by atoms with Crippen molar-refractivity contribution in [3.05, 3.63) is 24.2 Å². The molecule has 6 heteroatoms. The summed E-state index contributed by atoms with van der Waals surface area (Å²) in [5.41, 5.74) is 0. The molecule has 5 nitrogen and oxygen atoms in total. The van der Waals surface area contributed by atoms with Gasteiger partial charge in [0.2, 0.25) is 0 Å². The highest BCUT2D eigenvalue weighted by molar-refractivity contribution is 7.80. The standard InChI is InChI=1S/C14H23N3O2S/c1-15-14(20)17(12-13-4-2-9-19-13)6-3-5-16-7-10-18-11-8-16/h2,4,9H,3,5-8,10-12H2,1H3,(H,15,20). The Bertz CT molecular complexity index is 391. The molecule has 0 atom stereocenters. The van der Waals surface area contributed by atoms with Gasteiger partial charge in [0.15, 0.2) is 5.11 Å². The fourth-order valence-corrected chi connectivity index (χ4v) is 2.47. The Labute approximate surface area is 125 Å². The van der Waals surface area contributed by atoms with Gasteiger partial charge in [-0.15, -0.1) is 0 Å². The Hall–Kier alpha value is -1.11. The molecule has 0 aliphatic carbocycles. The molecule has 0 saturated carbocycles. The summed E-state index contributed by atoms with van der Waals surface area (Å²) in [6, 6.07) is 3.89. The van der Waals surface area contributed by atoms with Crippen LogP contribution < -0.4 is 5.32 Å². The maximum atomic E-state index is 5.40. The Morgan fingerprint density at radius 2 is 2.25 bits per heavy atom. The smallest absolute Gasteiger partial charge is 0.169 e. The van der Waals surface area contributed by atoms with E-state index >= 15 is 0 Å². The lowest BCUT2D eigenvalue weighted by atomic mass is 10.3. The molecular formula is C14H23N3O2S. The Morgan fingerprint density at radius 3 is 2.90 bits per heavy atom. The SMILES string of the molecule is CNC(=S)N(CCCN1CCOCC1)Cc1ccco1. The molecule has 1 aliphatic rings. The zero-order chi connectivity index (χ0) is 14.2. The highest BCUT2D eigenvalue weighted by Crippen LogP contribution is 2.07. The molecule has 1 N–H and O–H groups in total. The van der Waals surface area contributed by atoms with E-state index in [0.717, 1.165) is 63.2 Å². The Balaban J connectivity index is 1.76. The molecule has 1 aliphatic heterocycles. The average Bonchev–Trinajstić information content (AvgIpc) is 2.99. The van der Waals surface area contributed by atoms with E-state index < -0.39 is 0 Å². The first-order valence-electron chi connectivity index (χ1n) is 7.08. The van der Waals surface area contributed by atoms with Crippen molar-refractivity contribution in [2.75, 3.05) is 46.4 Å². The molecule has 0 spiro atoms. The number of hydrogen-bond acceptors (Lipinski definition) is 4. The summed E-state index contributed by atoms with van der Waals surface area (Å²) in [6.07, 6.45) is 2.78. The van der Waals surface area contributed by atoms with Crippen molar-refractivity contribution in [2.24, 2.45) is 0 Å². The zero-order valence-corrected chi connectivity index (χ0v) is 12.8. The van der Waals surface area contributed by atoms with Crippen LogP contribution >= 0.6 is 12.2 Å². The summed E-state index contributed by atoms with van der Waals surface area (Å²) in [7, 11) is 1.86. The lowest BCUT2D eigenvalue weighted by Gasteiger charge is -2.28. The second-order valence-electron chi connectivity index (χ2n) is 4.86. The molecule has 1 aromatic heterocycles. The van der Waals surface area contributed by atoms with Crippen molar-refractivity contribution in [3.63, 3.8) is 0 Å². The fraction of sp³-hybridized carbons (Fsp3) is 0.643. The predicted molar refractivity (Wildman–Crippen MR) is 82.7 cm³/mol. The first kappa shape index (κ1) is 15.3. The molecule has 1 aromatic rings. The quantitative estimate of drug-likeness (QED) is 0.799. The molecule has 2 rings (SSSR count). The third kappa shape index (κ3) is 4.77. The molecule has 1 saturated heterocycles. The minimum Gasteiger partial charge on any atom is -0.467 e. The van der Waals surface area contributed by atoms with Gasteiger partial charge in [-0.1, -0.05) is 0 Å². The lowest BCUT2D eigenvalue weighted by Crippen LogP contribution is -2.41. The minimum absolute atomic E-state index is 0.718. The van der Waals surface area contributed by atoms with Gasteiger partial charge in [0.25, 0.3) is 0 Å². The highest BCUT2D eigenvalue weighted by Gasteiger charge is 2.13. The maximum absolute atomic E-state index is 5.40. The molecule has 0 bridgehead atoms. The number of morpholine rings is 1. The second kappa shape index (κ2) is 8.24. The van der Waals surface area contributed by atoms with E-state index in [0.29, 0.717) is 0 Å². The van der Waals surface area contributed by atoms with Crippen LogP contribution in [0.2, 0.25) is 0 Å². The molecule has 0 unspecified atom stereocenters. The molecule has 20 heavy (non-hydrogen) atoms. The van der Waals surface area contributed by atoms with Crippen LogP contribution in [0.5, 0.6) is 0 Å². The van der Waals surface area contributed by atoms with Crippen molar-refractivity contribution < 1.29 is 9.15 Å². The van der Waals surface area contributed by atoms with Gasteiger partial charge in [-0.2, -0.15) is 0 Å². The summed E-state index contributed by atoms with van der Waals surface area (Å²) in [4.78, 5) is 4.59. The average molecular weight is 297 g/mol. The van der Waals surface area contributed by atoms with Gasteiger partial charge >= 0.3 is 0 Å². The van der Waals surface area contributed by atoms with Crippen molar-refractivity contribution in [2.45, 2.75) is 13.0 Å². The van der Waals surface area contributed by atoms with E-state index in [9.17, 15) is 0 Å². The van der Waals surface area contributed by atoms with E-state index in [1.807, 2.05) is 19.2 Å². The molecule has 0 aromatic carbocycles. The van der Waals surface area contributed by atoms with Crippen LogP contribution in [0, 0.1) is 0 Å². The number of nitrogens with zero attached hydrogens (tertiary/aromatic N) is 2. The van der Waals surface area contributed by atoms with Gasteiger partial charge in [0.1, 0.15) is 5.76 Å². The van der Waals surface area contributed by atoms with Gasteiger partial charge in [-0.25, -0.2) is 0 Å². The van der Waals surface area contributed by atoms with Gasteiger partial charge in [-0.3, -0.25) is 4.90 Å². The summed E-state index contributed by atoms with van der Waals surface area (Å²) >= 11 is 5.36. The molecule has 1 fully saturated rings. The van der Waals surface area contributed by atoms with Crippen molar-refractivity contribution >= 4 is 17.3 Å². The molecule has 0 amide bonds. The monoisotopic (exact) mass is 297 g/mol. The van der Waals surface area contributed by atoms with Gasteiger partial charge in [-0.05, 0) is 30.8 Å². The van der Waals surface area contributed by atoms with Gasteiger partial charge < -0.3 is 19.4 Å². The van der Waals surface area contributed by atoms with Crippen LogP contribution in [0.25, 0.3) is 0 Å². The number of hydrogen-bond donors (Lipinski definition) is 1. The van der Waals surface area contributed by atoms with E-state index in [2.05, 4.69) is 15.1 Å². The van der Waals surface area contributed by atoms with Crippen LogP contribution in [-0.2, 0) is 11.3 Å². The number of nitrogens with one attached hydrogen (secondary N) is 1. The topological polar surface area (TPSA) is 40.9 Å². The fourth-order valence-electron chi connectivity index (χ4n) is 2.31. The molecule has 2 heterocycles. The van der Waals surface area contributed by atoms with Gasteiger partial charge in [0.05, 0.1) is 26.0 Å². The minimum atomic E-state index is 0.718. The van der Waals surface area contributed by atoms with Crippen LogP contribution in [-0.4, -0.2) is 61.4 Å². The number of thiocarbonyl (C=S) groups is 1. The summed E-state index contributed by atoms with van der Waals surface area (Å²) in [5, 5.41) is 3.82. The normalized spacial score (nSPS) is 16.1. The van der Waals surface area contributed by atoms with Gasteiger partial charge in [0, 0.05) is 33.2 Å². The number of ether oxygens (including phenoxy) is 1. The van der Waals surface area contributed by atoms with E-state index in [-0.39, 0.29) is 0 Å². The van der Waals surface area contributed by atoms with Crippen molar-refractivity contribution in [1.82, 2.24) is 15.1 Å². The molecular weight excluding hydrogens is 274 g/mol. The highest BCUT2D eigenvalue weighted by atomic mass is 32.1. The molecule has 112 valence electrons. The summed E-state index contributed by atoms with van der Waals surface area (Å²) < 4.78 is 10.8. The Morgan fingerprint density at radius 1 is 1.45 bits per heavy atom. The van der Waals surface area contributed by atoms with Crippen LogP contribution in [0.3, 0.4) is 0 Å². The largest absolute Gasteiger partial charge is 0.467 e. The zero-order valence-electron chi connectivity index (χ0n) is 12.0. The Kier molecular flexibility index (Phi) is 6.29. The van der Waals surface area contributed by atoms with E-state index in [1.54, 1.807) is 6.26 Å². The van der Waals surface area contributed by atoms with Crippen molar-refractivity contribution in [1.29, 1.82) is 0 Å². The van der Waals surface area contributed by atoms with E-state index in [4.69, 9.17) is 21.4 Å². The maximum Gasteiger partial charge on any atom is 0.169 e. The number of rotatable bonds is 6. The third-order valence-electron chi connectivity index (χ3n) is 3.43. The second-order valence-corrected chi connectivity index (χ2v) is 5.25. The first-order valence-corrected chi connectivity index (χ1v) is 7.49. The summed E-state index contributed by atoms with van der Waals surface area (Å²) in [6.45, 7) is 6.51. The van der Waals surface area contributed by atoms with Crippen LogP contribution in [0.15, 0.2) is 22.8 Å². The third-order valence-corrected chi connectivity index (χ3v) is 3.90. The van der Waals surface area contributed by atoms with Crippen LogP contribution in [0.4, 0.5) is 0 Å². The van der Waals surface area contributed by atoms with Crippen molar-refractivity contribution in [3.8, 4) is 0 Å². The molecule has 0 radical (unpaired) electrons. The predicted octanol–water partition coefficient (Wildman–Crippen LogP) is 1.31. The summed E-state index contributed by atoms with van der Waals surface area (Å²) in [5.74, 6) is 0.939. The van der Waals surface area contributed by atoms with E-state index in [1.165, 1.54) is 0 Å².